The number of hydrogen-bond donors (Lipinski definition) is 0. The van der Waals surface area contributed by atoms with E-state index in [4.69, 9.17) is 4.74 Å². The van der Waals surface area contributed by atoms with Gasteiger partial charge in [0.15, 0.2) is 0 Å². The summed E-state index contributed by atoms with van der Waals surface area (Å²) in [7, 11) is 0. The molecule has 14 heavy (non-hydrogen) atoms. The lowest BCUT2D eigenvalue weighted by molar-refractivity contribution is -0.125. The number of Topliss-reactive ketones (excluding diaryl/α,β-unsaturated/α-hetero) is 1. The van der Waals surface area contributed by atoms with Gasteiger partial charge in [0.25, 0.3) is 0 Å². The van der Waals surface area contributed by atoms with Crippen LogP contribution in [0.2, 0.25) is 0 Å². The fourth-order valence-electron chi connectivity index (χ4n) is 2.17. The Morgan fingerprint density at radius 1 is 1.29 bits per heavy atom. The van der Waals surface area contributed by atoms with E-state index in [1.165, 1.54) is 0 Å². The minimum atomic E-state index is 0.269. The lowest BCUT2D eigenvalue weighted by Crippen LogP contribution is -2.47. The second-order valence-corrected chi connectivity index (χ2v) is 4.69. The number of ether oxygens (including phenoxy) is 1. The van der Waals surface area contributed by atoms with E-state index in [0.717, 1.165) is 25.9 Å². The minimum absolute atomic E-state index is 0.269. The first kappa shape index (κ1) is 10.1. The Kier molecular flexibility index (Phi) is 2.88. The van der Waals surface area contributed by atoms with Crippen LogP contribution in [0.4, 0.5) is 0 Å². The molecule has 2 fully saturated rings. The van der Waals surface area contributed by atoms with Crippen LogP contribution < -0.4 is 0 Å². The summed E-state index contributed by atoms with van der Waals surface area (Å²) in [5.74, 6) is 0.828. The van der Waals surface area contributed by atoms with Gasteiger partial charge in [0.1, 0.15) is 5.78 Å². The average molecular weight is 197 g/mol. The van der Waals surface area contributed by atoms with Gasteiger partial charge in [0.05, 0.1) is 18.8 Å². The fraction of sp³-hybridized carbons (Fsp3) is 0.909. The molecule has 1 saturated carbocycles. The van der Waals surface area contributed by atoms with E-state index >= 15 is 0 Å². The van der Waals surface area contributed by atoms with Crippen molar-refractivity contribution in [1.82, 2.24) is 4.90 Å². The van der Waals surface area contributed by atoms with Gasteiger partial charge in [-0.1, -0.05) is 0 Å². The van der Waals surface area contributed by atoms with E-state index < -0.39 is 0 Å². The molecule has 0 radical (unpaired) electrons. The first-order valence-electron chi connectivity index (χ1n) is 5.55. The van der Waals surface area contributed by atoms with E-state index in [9.17, 15) is 4.79 Å². The zero-order valence-corrected chi connectivity index (χ0v) is 9.03. The number of carbonyl (C=O) groups excluding carboxylic acids is 1. The van der Waals surface area contributed by atoms with Crippen molar-refractivity contribution in [2.75, 3.05) is 19.6 Å². The third-order valence-electron chi connectivity index (χ3n) is 2.91. The van der Waals surface area contributed by atoms with Crippen LogP contribution in [0.1, 0.15) is 26.7 Å². The molecule has 0 N–H and O–H groups in total. The molecular weight excluding hydrogens is 178 g/mol. The first-order valence-corrected chi connectivity index (χ1v) is 5.55. The van der Waals surface area contributed by atoms with Gasteiger partial charge < -0.3 is 4.74 Å². The monoisotopic (exact) mass is 197 g/mol. The Bertz CT molecular complexity index is 215. The van der Waals surface area contributed by atoms with Gasteiger partial charge in [-0.05, 0) is 26.7 Å². The molecule has 1 saturated heterocycles. The summed E-state index contributed by atoms with van der Waals surface area (Å²) in [6, 6.07) is 0. The number of rotatable bonds is 3. The summed E-state index contributed by atoms with van der Waals surface area (Å²) >= 11 is 0. The zero-order valence-electron chi connectivity index (χ0n) is 9.03. The molecule has 0 aromatic carbocycles. The Morgan fingerprint density at radius 3 is 2.36 bits per heavy atom. The quantitative estimate of drug-likeness (QED) is 0.678. The van der Waals surface area contributed by atoms with Crippen molar-refractivity contribution in [3.63, 3.8) is 0 Å². The SMILES string of the molecule is C[C@@H]1CN(CC(=O)C2CC2)C[C@H](C)O1. The van der Waals surface area contributed by atoms with E-state index in [2.05, 4.69) is 18.7 Å². The predicted molar refractivity (Wildman–Crippen MR) is 54.2 cm³/mol. The van der Waals surface area contributed by atoms with Crippen LogP contribution in [0.5, 0.6) is 0 Å². The third-order valence-corrected chi connectivity index (χ3v) is 2.91. The zero-order chi connectivity index (χ0) is 10.1. The van der Waals surface area contributed by atoms with Gasteiger partial charge in [-0.15, -0.1) is 0 Å². The molecule has 0 aromatic heterocycles. The minimum Gasteiger partial charge on any atom is -0.373 e. The maximum Gasteiger partial charge on any atom is 0.149 e. The summed E-state index contributed by atoms with van der Waals surface area (Å²) in [5, 5.41) is 0. The molecule has 0 aromatic rings. The number of nitrogens with zero attached hydrogens (tertiary/aromatic N) is 1. The van der Waals surface area contributed by atoms with Gasteiger partial charge in [0.2, 0.25) is 0 Å². The average Bonchev–Trinajstić information content (AvgIpc) is 2.82. The van der Waals surface area contributed by atoms with Crippen LogP contribution in [0.25, 0.3) is 0 Å². The fourth-order valence-corrected chi connectivity index (χ4v) is 2.17. The molecule has 2 aliphatic rings. The molecular formula is C11H19NO2. The summed E-state index contributed by atoms with van der Waals surface area (Å²) in [5.41, 5.74) is 0. The predicted octanol–water partition coefficient (Wildman–Crippen LogP) is 1.07. The smallest absolute Gasteiger partial charge is 0.149 e. The number of carbonyl (C=O) groups is 1. The second-order valence-electron chi connectivity index (χ2n) is 4.69. The van der Waals surface area contributed by atoms with Crippen molar-refractivity contribution in [1.29, 1.82) is 0 Å². The number of ketones is 1. The van der Waals surface area contributed by atoms with Gasteiger partial charge in [-0.25, -0.2) is 0 Å². The van der Waals surface area contributed by atoms with Crippen molar-refractivity contribution in [3.05, 3.63) is 0 Å². The van der Waals surface area contributed by atoms with Crippen molar-refractivity contribution in [3.8, 4) is 0 Å². The normalized spacial score (nSPS) is 34.4. The standard InChI is InChI=1S/C11H19NO2/c1-8-5-12(6-9(2)14-8)7-11(13)10-3-4-10/h8-10H,3-7H2,1-2H3/t8-,9+. The van der Waals surface area contributed by atoms with Gasteiger partial charge in [-0.2, -0.15) is 0 Å². The third kappa shape index (κ3) is 2.55. The van der Waals surface area contributed by atoms with Crippen molar-refractivity contribution in [2.24, 2.45) is 5.92 Å². The first-order chi connectivity index (χ1) is 6.65. The highest BCUT2D eigenvalue weighted by atomic mass is 16.5. The maximum absolute atomic E-state index is 11.6. The maximum atomic E-state index is 11.6. The molecule has 0 unspecified atom stereocenters. The van der Waals surface area contributed by atoms with Crippen LogP contribution in [-0.2, 0) is 9.53 Å². The highest BCUT2D eigenvalue weighted by Gasteiger charge is 2.32. The molecule has 2 rings (SSSR count). The van der Waals surface area contributed by atoms with E-state index in [1.807, 2.05) is 0 Å². The lowest BCUT2D eigenvalue weighted by atomic mass is 10.2. The van der Waals surface area contributed by atoms with Crippen molar-refractivity contribution < 1.29 is 9.53 Å². The van der Waals surface area contributed by atoms with Crippen molar-refractivity contribution >= 4 is 5.78 Å². The Hall–Kier alpha value is -0.410. The Morgan fingerprint density at radius 2 is 1.86 bits per heavy atom. The molecule has 3 nitrogen and oxygen atoms in total. The molecule has 1 heterocycles. The van der Waals surface area contributed by atoms with Gasteiger partial charge in [-0.3, -0.25) is 9.69 Å². The van der Waals surface area contributed by atoms with E-state index in [-0.39, 0.29) is 12.2 Å². The topological polar surface area (TPSA) is 29.5 Å². The van der Waals surface area contributed by atoms with Crippen LogP contribution >= 0.6 is 0 Å². The van der Waals surface area contributed by atoms with Crippen LogP contribution in [0.3, 0.4) is 0 Å². The summed E-state index contributed by atoms with van der Waals surface area (Å²) in [6.07, 6.45) is 2.78. The largest absolute Gasteiger partial charge is 0.373 e. The van der Waals surface area contributed by atoms with Gasteiger partial charge >= 0.3 is 0 Å². The highest BCUT2D eigenvalue weighted by Crippen LogP contribution is 2.30. The molecule has 0 spiro atoms. The molecule has 1 aliphatic heterocycles. The molecule has 2 atom stereocenters. The van der Waals surface area contributed by atoms with Crippen LogP contribution in [0.15, 0.2) is 0 Å². The van der Waals surface area contributed by atoms with Crippen LogP contribution in [-0.4, -0.2) is 42.5 Å². The second kappa shape index (κ2) is 3.99. The lowest BCUT2D eigenvalue weighted by Gasteiger charge is -2.34. The highest BCUT2D eigenvalue weighted by molar-refractivity contribution is 5.85. The van der Waals surface area contributed by atoms with E-state index in [1.54, 1.807) is 0 Å². The summed E-state index contributed by atoms with van der Waals surface area (Å²) in [6.45, 7) is 6.60. The Labute approximate surface area is 85.4 Å². The molecule has 3 heteroatoms. The van der Waals surface area contributed by atoms with E-state index in [0.29, 0.717) is 18.2 Å². The summed E-state index contributed by atoms with van der Waals surface area (Å²) in [4.78, 5) is 13.8. The van der Waals surface area contributed by atoms with Crippen LogP contribution in [0, 0.1) is 5.92 Å². The molecule has 0 bridgehead atoms. The molecule has 1 aliphatic carbocycles. The number of morpholine rings is 1. The Balaban J connectivity index is 1.81. The molecule has 0 amide bonds. The van der Waals surface area contributed by atoms with Gasteiger partial charge in [0, 0.05) is 19.0 Å². The number of hydrogen-bond acceptors (Lipinski definition) is 3. The molecule has 80 valence electrons. The summed E-state index contributed by atoms with van der Waals surface area (Å²) < 4.78 is 5.62. The van der Waals surface area contributed by atoms with Crippen molar-refractivity contribution in [2.45, 2.75) is 38.9 Å².